The predicted octanol–water partition coefficient (Wildman–Crippen LogP) is 4.79. The highest BCUT2D eigenvalue weighted by Gasteiger charge is 2.42. The van der Waals surface area contributed by atoms with Crippen LogP contribution in [0.25, 0.3) is 0 Å². The molecule has 2 bridgehead atoms. The zero-order valence-electron chi connectivity index (χ0n) is 16.8. The highest BCUT2D eigenvalue weighted by molar-refractivity contribution is 7.89. The van der Waals surface area contributed by atoms with Crippen LogP contribution in [0, 0.1) is 30.6 Å². The summed E-state index contributed by atoms with van der Waals surface area (Å²) in [5, 5.41) is 9.29. The molecule has 0 heterocycles. The van der Waals surface area contributed by atoms with Crippen molar-refractivity contribution < 1.29 is 18.3 Å². The fraction of sp³-hybridized carbons (Fsp3) is 0.591. The first-order valence-electron chi connectivity index (χ1n) is 10.4. The molecule has 160 valence electrons. The van der Waals surface area contributed by atoms with Gasteiger partial charge in [0.25, 0.3) is 0 Å². The van der Waals surface area contributed by atoms with Crippen molar-refractivity contribution in [2.75, 3.05) is 6.54 Å². The molecule has 1 aromatic rings. The minimum absolute atomic E-state index is 0.185. The maximum atomic E-state index is 12.9. The number of nitrogens with one attached hydrogen (secondary N) is 1. The van der Waals surface area contributed by atoms with Gasteiger partial charge in [-0.25, -0.2) is 13.1 Å². The van der Waals surface area contributed by atoms with E-state index in [9.17, 15) is 13.2 Å². The van der Waals surface area contributed by atoms with Gasteiger partial charge in [-0.05, 0) is 92.9 Å². The van der Waals surface area contributed by atoms with Gasteiger partial charge in [-0.15, -0.1) is 0 Å². The Kier molecular flexibility index (Phi) is 7.41. The van der Waals surface area contributed by atoms with Gasteiger partial charge in [0, 0.05) is 18.0 Å². The molecule has 3 fully saturated rings. The summed E-state index contributed by atoms with van der Waals surface area (Å²) in [5.74, 6) is 1.03. The first-order valence-corrected chi connectivity index (χ1v) is 12.3. The van der Waals surface area contributed by atoms with Gasteiger partial charge in [-0.2, -0.15) is 0 Å². The van der Waals surface area contributed by atoms with Crippen molar-refractivity contribution in [3.63, 3.8) is 0 Å². The van der Waals surface area contributed by atoms with Crippen LogP contribution in [0.3, 0.4) is 0 Å². The average molecular weight is 440 g/mol. The SMILES string of the molecule is Cc1cc(Cl)ccc1S(=O)(=O)NCC1C2CCC(CC2)C1/C=C\CCCC(=O)O. The maximum absolute atomic E-state index is 12.9. The normalized spacial score (nSPS) is 26.8. The van der Waals surface area contributed by atoms with E-state index >= 15 is 0 Å². The van der Waals surface area contributed by atoms with Gasteiger partial charge in [0.1, 0.15) is 0 Å². The lowest BCUT2D eigenvalue weighted by Gasteiger charge is -2.48. The number of halogens is 1. The van der Waals surface area contributed by atoms with Crippen LogP contribution in [0.2, 0.25) is 5.02 Å². The standard InChI is InChI=1S/C22H30ClNO4S/c1-15-13-18(23)11-12-21(15)29(27,28)24-14-20-17-9-7-16(8-10-17)19(20)5-3-2-4-6-22(25)26/h3,5,11-13,16-17,19-20,24H,2,4,6-10,14H2,1H3,(H,25,26)/b5-3-. The molecule has 3 aliphatic carbocycles. The van der Waals surface area contributed by atoms with E-state index in [0.29, 0.717) is 47.2 Å². The summed E-state index contributed by atoms with van der Waals surface area (Å²) in [7, 11) is -3.58. The lowest BCUT2D eigenvalue weighted by Crippen LogP contribution is -2.45. The molecule has 0 aliphatic heterocycles. The summed E-state index contributed by atoms with van der Waals surface area (Å²) in [4.78, 5) is 10.9. The molecule has 1 aromatic carbocycles. The van der Waals surface area contributed by atoms with Gasteiger partial charge in [-0.1, -0.05) is 23.8 Å². The molecule has 3 saturated carbocycles. The number of sulfonamides is 1. The highest BCUT2D eigenvalue weighted by atomic mass is 35.5. The smallest absolute Gasteiger partial charge is 0.303 e. The third kappa shape index (κ3) is 5.62. The minimum atomic E-state index is -3.58. The Labute approximate surface area is 178 Å². The molecule has 29 heavy (non-hydrogen) atoms. The number of fused-ring (bicyclic) bond motifs is 3. The van der Waals surface area contributed by atoms with E-state index in [2.05, 4.69) is 16.9 Å². The number of aliphatic carboxylic acids is 1. The largest absolute Gasteiger partial charge is 0.481 e. The molecule has 0 amide bonds. The van der Waals surface area contributed by atoms with E-state index in [1.54, 1.807) is 25.1 Å². The molecule has 0 saturated heterocycles. The van der Waals surface area contributed by atoms with Crippen LogP contribution in [0.15, 0.2) is 35.2 Å². The maximum Gasteiger partial charge on any atom is 0.303 e. The second-order valence-corrected chi connectivity index (χ2v) is 10.6. The van der Waals surface area contributed by atoms with Crippen LogP contribution in [-0.2, 0) is 14.8 Å². The molecule has 4 rings (SSSR count). The van der Waals surface area contributed by atoms with Crippen LogP contribution in [0.4, 0.5) is 0 Å². The number of aryl methyl sites for hydroxylation is 1. The topological polar surface area (TPSA) is 83.5 Å². The Balaban J connectivity index is 1.66. The van der Waals surface area contributed by atoms with Gasteiger partial charge in [0.15, 0.2) is 0 Å². The number of benzene rings is 1. The van der Waals surface area contributed by atoms with Crippen molar-refractivity contribution >= 4 is 27.6 Å². The minimum Gasteiger partial charge on any atom is -0.481 e. The average Bonchev–Trinajstić information content (AvgIpc) is 2.67. The fourth-order valence-electron chi connectivity index (χ4n) is 5.05. The monoisotopic (exact) mass is 439 g/mol. The Bertz CT molecular complexity index is 860. The fourth-order valence-corrected chi connectivity index (χ4v) is 6.57. The molecule has 3 aliphatic rings. The van der Waals surface area contributed by atoms with Crippen LogP contribution in [0.1, 0.15) is 50.5 Å². The van der Waals surface area contributed by atoms with Crippen LogP contribution >= 0.6 is 11.6 Å². The number of hydrogen-bond acceptors (Lipinski definition) is 3. The van der Waals surface area contributed by atoms with Gasteiger partial charge in [0.05, 0.1) is 4.90 Å². The van der Waals surface area contributed by atoms with E-state index in [-0.39, 0.29) is 11.3 Å². The summed E-state index contributed by atoms with van der Waals surface area (Å²) >= 11 is 5.96. The highest BCUT2D eigenvalue weighted by Crippen LogP contribution is 2.49. The van der Waals surface area contributed by atoms with Gasteiger partial charge in [-0.3, -0.25) is 4.79 Å². The van der Waals surface area contributed by atoms with Crippen molar-refractivity contribution in [2.45, 2.75) is 56.8 Å². The second kappa shape index (κ2) is 9.63. The van der Waals surface area contributed by atoms with E-state index in [4.69, 9.17) is 16.7 Å². The molecule has 0 radical (unpaired) electrons. The number of carboxylic acid groups (broad SMARTS) is 1. The van der Waals surface area contributed by atoms with E-state index in [1.165, 1.54) is 25.7 Å². The first kappa shape index (κ1) is 22.3. The summed E-state index contributed by atoms with van der Waals surface area (Å²) < 4.78 is 28.6. The number of allylic oxidation sites excluding steroid dienone is 2. The van der Waals surface area contributed by atoms with Crippen LogP contribution < -0.4 is 4.72 Å². The Hall–Kier alpha value is -1.37. The van der Waals surface area contributed by atoms with E-state index in [0.717, 1.165) is 6.42 Å². The Morgan fingerprint density at radius 2 is 1.93 bits per heavy atom. The lowest BCUT2D eigenvalue weighted by molar-refractivity contribution is -0.137. The number of unbranched alkanes of at least 4 members (excludes halogenated alkanes) is 1. The predicted molar refractivity (Wildman–Crippen MR) is 114 cm³/mol. The van der Waals surface area contributed by atoms with Gasteiger partial charge < -0.3 is 5.11 Å². The third-order valence-electron chi connectivity index (χ3n) is 6.52. The zero-order chi connectivity index (χ0) is 21.0. The summed E-state index contributed by atoms with van der Waals surface area (Å²) in [6.07, 6.45) is 10.6. The molecule has 5 nitrogen and oxygen atoms in total. The number of rotatable bonds is 9. The Morgan fingerprint density at radius 3 is 2.59 bits per heavy atom. The zero-order valence-corrected chi connectivity index (χ0v) is 18.4. The summed E-state index contributed by atoms with van der Waals surface area (Å²) in [6.45, 7) is 2.20. The van der Waals surface area contributed by atoms with Crippen molar-refractivity contribution in [3.05, 3.63) is 40.9 Å². The second-order valence-electron chi connectivity index (χ2n) is 8.39. The number of carboxylic acids is 1. The number of hydrogen-bond donors (Lipinski definition) is 2. The van der Waals surface area contributed by atoms with Crippen molar-refractivity contribution in [3.8, 4) is 0 Å². The third-order valence-corrected chi connectivity index (χ3v) is 8.33. The van der Waals surface area contributed by atoms with Crippen molar-refractivity contribution in [1.29, 1.82) is 0 Å². The quantitative estimate of drug-likeness (QED) is 0.428. The van der Waals surface area contributed by atoms with E-state index in [1.807, 2.05) is 0 Å². The van der Waals surface area contributed by atoms with Crippen molar-refractivity contribution in [1.82, 2.24) is 4.72 Å². The van der Waals surface area contributed by atoms with Gasteiger partial charge >= 0.3 is 5.97 Å². The molecule has 2 atom stereocenters. The van der Waals surface area contributed by atoms with Crippen LogP contribution in [0.5, 0.6) is 0 Å². The summed E-state index contributed by atoms with van der Waals surface area (Å²) in [6, 6.07) is 4.84. The molecule has 0 aromatic heterocycles. The lowest BCUT2D eigenvalue weighted by atomic mass is 9.58. The molecule has 2 unspecified atom stereocenters. The number of carbonyl (C=O) groups is 1. The van der Waals surface area contributed by atoms with Crippen molar-refractivity contribution in [2.24, 2.45) is 23.7 Å². The first-order chi connectivity index (χ1) is 13.8. The summed E-state index contributed by atoms with van der Waals surface area (Å²) in [5.41, 5.74) is 0.644. The van der Waals surface area contributed by atoms with Gasteiger partial charge in [0.2, 0.25) is 10.0 Å². The molecular formula is C22H30ClNO4S. The van der Waals surface area contributed by atoms with E-state index < -0.39 is 16.0 Å². The molecule has 7 heteroatoms. The van der Waals surface area contributed by atoms with Crippen LogP contribution in [-0.4, -0.2) is 26.0 Å². The molecular weight excluding hydrogens is 410 g/mol. The molecule has 2 N–H and O–H groups in total. The molecule has 0 spiro atoms. The Morgan fingerprint density at radius 1 is 1.24 bits per heavy atom.